The van der Waals surface area contributed by atoms with Crippen LogP contribution >= 0.6 is 0 Å². The van der Waals surface area contributed by atoms with E-state index in [0.717, 1.165) is 0 Å². The number of ether oxygens (including phenoxy) is 4. The predicted octanol–water partition coefficient (Wildman–Crippen LogP) is 1.67. The lowest BCUT2D eigenvalue weighted by molar-refractivity contribution is 0.0597. The fraction of sp³-hybridized carbons (Fsp3) is 0.333. The van der Waals surface area contributed by atoms with Gasteiger partial charge in [-0.2, -0.15) is 0 Å². The molecule has 0 saturated heterocycles. The monoisotopic (exact) mass is 269 g/mol. The summed E-state index contributed by atoms with van der Waals surface area (Å²) in [4.78, 5) is 23.0. The fourth-order valence-corrected chi connectivity index (χ4v) is 1.50. The molecule has 0 fully saturated rings. The molecule has 0 aliphatic carbocycles. The van der Waals surface area contributed by atoms with Crippen LogP contribution in [0.25, 0.3) is 0 Å². The highest BCUT2D eigenvalue weighted by molar-refractivity contribution is 6.03. The summed E-state index contributed by atoms with van der Waals surface area (Å²) in [6.45, 7) is 0. The van der Waals surface area contributed by atoms with Crippen molar-refractivity contribution in [1.29, 1.82) is 0 Å². The molecule has 104 valence electrons. The minimum Gasteiger partial charge on any atom is -0.493 e. The Balaban J connectivity index is 3.37. The number of benzene rings is 1. The average Bonchev–Trinajstić information content (AvgIpc) is 2.45. The van der Waals surface area contributed by atoms with Gasteiger partial charge in [0, 0.05) is 0 Å². The molecule has 7 heteroatoms. The number of hydrogen-bond acceptors (Lipinski definition) is 6. The van der Waals surface area contributed by atoms with Gasteiger partial charge >= 0.3 is 12.1 Å². The van der Waals surface area contributed by atoms with Gasteiger partial charge in [0.05, 0.1) is 34.1 Å². The van der Waals surface area contributed by atoms with Crippen LogP contribution in [0.3, 0.4) is 0 Å². The Kier molecular flexibility index (Phi) is 4.99. The molecule has 1 aromatic carbocycles. The summed E-state index contributed by atoms with van der Waals surface area (Å²) < 4.78 is 19.4. The molecule has 0 bridgehead atoms. The first-order valence-electron chi connectivity index (χ1n) is 5.27. The lowest BCUT2D eigenvalue weighted by Crippen LogP contribution is -2.16. The van der Waals surface area contributed by atoms with Crippen LogP contribution < -0.4 is 14.8 Å². The number of esters is 1. The summed E-state index contributed by atoms with van der Waals surface area (Å²) in [5, 5.41) is 2.40. The van der Waals surface area contributed by atoms with E-state index in [0.29, 0.717) is 5.75 Å². The van der Waals surface area contributed by atoms with Gasteiger partial charge in [0.2, 0.25) is 0 Å². The molecule has 19 heavy (non-hydrogen) atoms. The standard InChI is InChI=1S/C12H15NO6/c1-16-8-6-5-7(13-12(15)19-4)9(10(8)17-2)11(14)18-3/h5-6H,1-4H3,(H,13,15). The Morgan fingerprint density at radius 3 is 2.16 bits per heavy atom. The third-order valence-electron chi connectivity index (χ3n) is 2.36. The molecule has 0 aliphatic rings. The molecule has 1 N–H and O–H groups in total. The van der Waals surface area contributed by atoms with E-state index in [4.69, 9.17) is 9.47 Å². The minimum absolute atomic E-state index is 0.0507. The van der Waals surface area contributed by atoms with Crippen LogP contribution in [-0.2, 0) is 9.47 Å². The van der Waals surface area contributed by atoms with E-state index >= 15 is 0 Å². The van der Waals surface area contributed by atoms with E-state index in [1.54, 1.807) is 6.07 Å². The number of nitrogens with one attached hydrogen (secondary N) is 1. The molecule has 0 spiro atoms. The van der Waals surface area contributed by atoms with Gasteiger partial charge in [-0.05, 0) is 12.1 Å². The zero-order valence-corrected chi connectivity index (χ0v) is 11.1. The number of rotatable bonds is 4. The summed E-state index contributed by atoms with van der Waals surface area (Å²) in [6, 6.07) is 3.04. The van der Waals surface area contributed by atoms with Crippen LogP contribution in [-0.4, -0.2) is 40.5 Å². The zero-order chi connectivity index (χ0) is 14.4. The number of carbonyl (C=O) groups excluding carboxylic acids is 2. The van der Waals surface area contributed by atoms with Gasteiger partial charge < -0.3 is 18.9 Å². The van der Waals surface area contributed by atoms with Crippen molar-refractivity contribution in [2.75, 3.05) is 33.8 Å². The van der Waals surface area contributed by atoms with Gasteiger partial charge in [0.1, 0.15) is 5.56 Å². The van der Waals surface area contributed by atoms with Crippen LogP contribution in [0.5, 0.6) is 11.5 Å². The van der Waals surface area contributed by atoms with Crippen molar-refractivity contribution in [3.05, 3.63) is 17.7 Å². The topological polar surface area (TPSA) is 83.1 Å². The van der Waals surface area contributed by atoms with Crippen molar-refractivity contribution >= 4 is 17.7 Å². The molecule has 1 rings (SSSR count). The lowest BCUT2D eigenvalue weighted by atomic mass is 10.1. The first-order valence-corrected chi connectivity index (χ1v) is 5.27. The Bertz CT molecular complexity index is 485. The van der Waals surface area contributed by atoms with Crippen molar-refractivity contribution in [1.82, 2.24) is 0 Å². The van der Waals surface area contributed by atoms with Gasteiger partial charge in [-0.1, -0.05) is 0 Å². The van der Waals surface area contributed by atoms with Crippen molar-refractivity contribution in [2.45, 2.75) is 0 Å². The van der Waals surface area contributed by atoms with Crippen molar-refractivity contribution in [3.8, 4) is 11.5 Å². The maximum atomic E-state index is 11.8. The Morgan fingerprint density at radius 1 is 1.00 bits per heavy atom. The molecule has 0 atom stereocenters. The van der Waals surface area contributed by atoms with Crippen molar-refractivity contribution in [2.24, 2.45) is 0 Å². The second kappa shape index (κ2) is 6.48. The summed E-state index contributed by atoms with van der Waals surface area (Å²) in [5.41, 5.74) is 0.256. The maximum absolute atomic E-state index is 11.8. The van der Waals surface area contributed by atoms with Gasteiger partial charge in [-0.3, -0.25) is 5.32 Å². The number of hydrogen-bond donors (Lipinski definition) is 1. The Hall–Kier alpha value is -2.44. The molecule has 0 heterocycles. The summed E-state index contributed by atoms with van der Waals surface area (Å²) in [7, 11) is 5.26. The Morgan fingerprint density at radius 2 is 1.68 bits per heavy atom. The number of amides is 1. The van der Waals surface area contributed by atoms with E-state index in [-0.39, 0.29) is 17.0 Å². The predicted molar refractivity (Wildman–Crippen MR) is 66.9 cm³/mol. The van der Waals surface area contributed by atoms with E-state index in [1.807, 2.05) is 0 Å². The highest BCUT2D eigenvalue weighted by atomic mass is 16.5. The molecule has 0 unspecified atom stereocenters. The highest BCUT2D eigenvalue weighted by Crippen LogP contribution is 2.36. The minimum atomic E-state index is -0.711. The molecular weight excluding hydrogens is 254 g/mol. The second-order valence-corrected chi connectivity index (χ2v) is 3.33. The van der Waals surface area contributed by atoms with Gasteiger partial charge in [0.15, 0.2) is 11.5 Å². The largest absolute Gasteiger partial charge is 0.493 e. The number of anilines is 1. The molecular formula is C12H15NO6. The Labute approximate surface area is 110 Å². The van der Waals surface area contributed by atoms with Gasteiger partial charge in [0.25, 0.3) is 0 Å². The summed E-state index contributed by atoms with van der Waals surface area (Å²) in [5.74, 6) is -0.149. The average molecular weight is 269 g/mol. The molecule has 1 aromatic rings. The molecule has 0 radical (unpaired) electrons. The SMILES string of the molecule is COC(=O)Nc1ccc(OC)c(OC)c1C(=O)OC. The first-order chi connectivity index (χ1) is 9.08. The lowest BCUT2D eigenvalue weighted by Gasteiger charge is -2.15. The molecule has 0 aromatic heterocycles. The van der Waals surface area contributed by atoms with E-state index in [9.17, 15) is 9.59 Å². The molecule has 7 nitrogen and oxygen atoms in total. The second-order valence-electron chi connectivity index (χ2n) is 3.33. The van der Waals surface area contributed by atoms with Crippen molar-refractivity contribution in [3.63, 3.8) is 0 Å². The van der Waals surface area contributed by atoms with Gasteiger partial charge in [-0.25, -0.2) is 9.59 Å². The van der Waals surface area contributed by atoms with E-state index in [1.165, 1.54) is 34.5 Å². The van der Waals surface area contributed by atoms with Crippen LogP contribution in [0, 0.1) is 0 Å². The van der Waals surface area contributed by atoms with Crippen LogP contribution in [0.2, 0.25) is 0 Å². The molecule has 0 aliphatic heterocycles. The van der Waals surface area contributed by atoms with Crippen LogP contribution in [0.1, 0.15) is 10.4 Å². The summed E-state index contributed by atoms with van der Waals surface area (Å²) in [6.07, 6.45) is -0.711. The highest BCUT2D eigenvalue weighted by Gasteiger charge is 2.23. The third kappa shape index (κ3) is 3.06. The van der Waals surface area contributed by atoms with Crippen LogP contribution in [0.15, 0.2) is 12.1 Å². The molecule has 1 amide bonds. The quantitative estimate of drug-likeness (QED) is 0.837. The maximum Gasteiger partial charge on any atom is 0.411 e. The van der Waals surface area contributed by atoms with Gasteiger partial charge in [-0.15, -0.1) is 0 Å². The third-order valence-corrected chi connectivity index (χ3v) is 2.36. The number of carbonyl (C=O) groups is 2. The fourth-order valence-electron chi connectivity index (χ4n) is 1.50. The van der Waals surface area contributed by atoms with Crippen LogP contribution in [0.4, 0.5) is 10.5 Å². The smallest absolute Gasteiger partial charge is 0.411 e. The zero-order valence-electron chi connectivity index (χ0n) is 11.1. The normalized spacial score (nSPS) is 9.47. The summed E-state index contributed by atoms with van der Waals surface area (Å²) >= 11 is 0. The molecule has 0 saturated carbocycles. The van der Waals surface area contributed by atoms with Crippen molar-refractivity contribution < 1.29 is 28.5 Å². The van der Waals surface area contributed by atoms with E-state index < -0.39 is 12.1 Å². The number of methoxy groups -OCH3 is 4. The van der Waals surface area contributed by atoms with E-state index in [2.05, 4.69) is 14.8 Å². The first kappa shape index (κ1) is 14.6.